The highest BCUT2D eigenvalue weighted by molar-refractivity contribution is 7.89. The lowest BCUT2D eigenvalue weighted by Gasteiger charge is -2.40. The van der Waals surface area contributed by atoms with Gasteiger partial charge in [-0.2, -0.15) is 0 Å². The van der Waals surface area contributed by atoms with E-state index in [1.165, 1.54) is 24.3 Å². The predicted octanol–water partition coefficient (Wildman–Crippen LogP) is -2.45. The first-order valence-electron chi connectivity index (χ1n) is 6.44. The first-order chi connectivity index (χ1) is 10.2. The third-order valence-corrected chi connectivity index (χ3v) is 4.31. The van der Waals surface area contributed by atoms with E-state index in [2.05, 4.69) is 5.32 Å². The van der Waals surface area contributed by atoms with Crippen molar-refractivity contribution < 1.29 is 33.6 Å². The van der Waals surface area contributed by atoms with E-state index >= 15 is 0 Å². The summed E-state index contributed by atoms with van der Waals surface area (Å²) in [5.74, 6) is 0. The van der Waals surface area contributed by atoms with Crippen LogP contribution < -0.4 is 10.5 Å². The monoisotopic (exact) mass is 334 g/mol. The van der Waals surface area contributed by atoms with Crippen molar-refractivity contribution in [2.24, 2.45) is 5.14 Å². The van der Waals surface area contributed by atoms with Gasteiger partial charge in [0.05, 0.1) is 11.5 Å². The number of hydrogen-bond donors (Lipinski definition) is 6. The van der Waals surface area contributed by atoms with E-state index in [0.717, 1.165) is 0 Å². The van der Waals surface area contributed by atoms with Crippen molar-refractivity contribution in [3.63, 3.8) is 0 Å². The van der Waals surface area contributed by atoms with Crippen molar-refractivity contribution >= 4 is 15.7 Å². The lowest BCUT2D eigenvalue weighted by Crippen LogP contribution is -2.60. The minimum atomic E-state index is -3.81. The number of benzene rings is 1. The van der Waals surface area contributed by atoms with Crippen LogP contribution in [0, 0.1) is 0 Å². The van der Waals surface area contributed by atoms with Gasteiger partial charge in [0.1, 0.15) is 24.4 Å². The average molecular weight is 334 g/mol. The van der Waals surface area contributed by atoms with Crippen molar-refractivity contribution in [2.75, 3.05) is 11.9 Å². The highest BCUT2D eigenvalue weighted by Crippen LogP contribution is 2.23. The number of sulfonamides is 1. The Morgan fingerprint density at radius 3 is 2.18 bits per heavy atom. The Morgan fingerprint density at radius 1 is 1.09 bits per heavy atom. The fraction of sp³-hybridized carbons (Fsp3) is 0.500. The lowest BCUT2D eigenvalue weighted by atomic mass is 9.98. The molecule has 1 heterocycles. The number of nitrogens with one attached hydrogen (secondary N) is 1. The summed E-state index contributed by atoms with van der Waals surface area (Å²) in [6.45, 7) is -0.534. The molecule has 0 bridgehead atoms. The number of ether oxygens (including phenoxy) is 1. The van der Waals surface area contributed by atoms with Gasteiger partial charge in [-0.25, -0.2) is 13.6 Å². The van der Waals surface area contributed by atoms with Crippen molar-refractivity contribution in [2.45, 2.75) is 35.5 Å². The van der Waals surface area contributed by atoms with Gasteiger partial charge in [-0.05, 0) is 24.3 Å². The Labute approximate surface area is 127 Å². The molecule has 1 unspecified atom stereocenters. The first kappa shape index (κ1) is 17.1. The molecule has 0 radical (unpaired) electrons. The van der Waals surface area contributed by atoms with E-state index in [4.69, 9.17) is 15.0 Å². The number of rotatable bonds is 4. The molecule has 10 heteroatoms. The summed E-state index contributed by atoms with van der Waals surface area (Å²) in [5, 5.41) is 46.0. The summed E-state index contributed by atoms with van der Waals surface area (Å²) in [4.78, 5) is -0.0770. The second-order valence-electron chi connectivity index (χ2n) is 4.96. The van der Waals surface area contributed by atoms with Gasteiger partial charge in [-0.15, -0.1) is 0 Å². The Balaban J connectivity index is 2.12. The molecule has 0 aromatic heterocycles. The molecule has 0 spiro atoms. The normalized spacial score (nSPS) is 32.7. The van der Waals surface area contributed by atoms with E-state index in [1.54, 1.807) is 0 Å². The van der Waals surface area contributed by atoms with Gasteiger partial charge in [0.25, 0.3) is 0 Å². The molecule has 1 aromatic carbocycles. The van der Waals surface area contributed by atoms with Crippen LogP contribution in [0.1, 0.15) is 0 Å². The molecule has 1 aliphatic heterocycles. The second kappa shape index (κ2) is 6.46. The fourth-order valence-electron chi connectivity index (χ4n) is 2.13. The van der Waals surface area contributed by atoms with Gasteiger partial charge >= 0.3 is 0 Å². The van der Waals surface area contributed by atoms with Crippen molar-refractivity contribution in [3.05, 3.63) is 24.3 Å². The molecule has 1 saturated heterocycles. The van der Waals surface area contributed by atoms with Crippen molar-refractivity contribution in [1.29, 1.82) is 0 Å². The summed E-state index contributed by atoms with van der Waals surface area (Å²) in [7, 11) is -3.81. The SMILES string of the molecule is NS(=O)(=O)c1ccc(NC2O[C@H](CO)[C@@H](O)[C@H](O)[C@@H]2O)cc1. The zero-order valence-corrected chi connectivity index (χ0v) is 12.2. The highest BCUT2D eigenvalue weighted by atomic mass is 32.2. The molecule has 1 aromatic rings. The Morgan fingerprint density at radius 2 is 1.68 bits per heavy atom. The Hall–Kier alpha value is -1.27. The maximum Gasteiger partial charge on any atom is 0.238 e. The molecule has 124 valence electrons. The van der Waals surface area contributed by atoms with Gasteiger partial charge in [-0.1, -0.05) is 0 Å². The van der Waals surface area contributed by atoms with Crippen LogP contribution in [0.2, 0.25) is 0 Å². The van der Waals surface area contributed by atoms with Gasteiger partial charge in [0.15, 0.2) is 6.23 Å². The minimum Gasteiger partial charge on any atom is -0.394 e. The van der Waals surface area contributed by atoms with Crippen LogP contribution >= 0.6 is 0 Å². The molecule has 22 heavy (non-hydrogen) atoms. The lowest BCUT2D eigenvalue weighted by molar-refractivity contribution is -0.221. The van der Waals surface area contributed by atoms with E-state index in [0.29, 0.717) is 5.69 Å². The Bertz CT molecular complexity index is 604. The number of aliphatic hydroxyl groups is 4. The Kier molecular flexibility index (Phi) is 5.02. The van der Waals surface area contributed by atoms with Gasteiger partial charge < -0.3 is 30.5 Å². The molecule has 9 nitrogen and oxygen atoms in total. The third-order valence-electron chi connectivity index (χ3n) is 3.38. The maximum atomic E-state index is 11.2. The quantitative estimate of drug-likeness (QED) is 0.353. The summed E-state index contributed by atoms with van der Waals surface area (Å²) in [6, 6.07) is 5.34. The molecule has 0 amide bonds. The van der Waals surface area contributed by atoms with Crippen molar-refractivity contribution in [1.82, 2.24) is 0 Å². The number of anilines is 1. The number of primary sulfonamides is 1. The van der Waals surface area contributed by atoms with Crippen LogP contribution in [0.3, 0.4) is 0 Å². The molecule has 5 atom stereocenters. The van der Waals surface area contributed by atoms with E-state index in [1.807, 2.05) is 0 Å². The first-order valence-corrected chi connectivity index (χ1v) is 7.98. The molecule has 7 N–H and O–H groups in total. The number of nitrogens with two attached hydrogens (primary N) is 1. The zero-order valence-electron chi connectivity index (χ0n) is 11.4. The van der Waals surface area contributed by atoms with Crippen LogP contribution in [0.5, 0.6) is 0 Å². The zero-order chi connectivity index (χ0) is 16.5. The van der Waals surface area contributed by atoms with Gasteiger partial charge in [0, 0.05) is 5.69 Å². The average Bonchev–Trinajstić information content (AvgIpc) is 2.47. The molecule has 1 aliphatic rings. The van der Waals surface area contributed by atoms with E-state index in [-0.39, 0.29) is 4.90 Å². The van der Waals surface area contributed by atoms with Crippen LogP contribution in [-0.2, 0) is 14.8 Å². The molecule has 0 saturated carbocycles. The molecule has 2 rings (SSSR count). The smallest absolute Gasteiger partial charge is 0.238 e. The molecular weight excluding hydrogens is 316 g/mol. The van der Waals surface area contributed by atoms with Gasteiger partial charge in [0.2, 0.25) is 10.0 Å². The standard InChI is InChI=1S/C12H18N2O7S/c13-22(19,20)7-3-1-6(2-4-7)14-12-11(18)10(17)9(16)8(5-15)21-12/h1-4,8-12,14-18H,5H2,(H2,13,19,20)/t8-,9-,10+,11+,12?/m1/s1. The molecular formula is C12H18N2O7S. The predicted molar refractivity (Wildman–Crippen MR) is 75.2 cm³/mol. The van der Waals surface area contributed by atoms with Crippen LogP contribution in [0.15, 0.2) is 29.2 Å². The number of aliphatic hydroxyl groups excluding tert-OH is 4. The minimum absolute atomic E-state index is 0.0770. The van der Waals surface area contributed by atoms with Crippen LogP contribution in [0.4, 0.5) is 5.69 Å². The highest BCUT2D eigenvalue weighted by Gasteiger charge is 2.43. The maximum absolute atomic E-state index is 11.2. The summed E-state index contributed by atoms with van der Waals surface area (Å²) in [5.41, 5.74) is 0.400. The molecule has 1 fully saturated rings. The third kappa shape index (κ3) is 3.55. The fourth-order valence-corrected chi connectivity index (χ4v) is 2.64. The van der Waals surface area contributed by atoms with Crippen molar-refractivity contribution in [3.8, 4) is 0 Å². The largest absolute Gasteiger partial charge is 0.394 e. The topological polar surface area (TPSA) is 162 Å². The van der Waals surface area contributed by atoms with Gasteiger partial charge in [-0.3, -0.25) is 0 Å². The summed E-state index contributed by atoms with van der Waals surface area (Å²) in [6.07, 6.45) is -6.49. The molecule has 0 aliphatic carbocycles. The van der Waals surface area contributed by atoms with Crippen LogP contribution in [0.25, 0.3) is 0 Å². The van der Waals surface area contributed by atoms with Crippen LogP contribution in [-0.4, -0.2) is 66.1 Å². The van der Waals surface area contributed by atoms with E-state index in [9.17, 15) is 23.7 Å². The van der Waals surface area contributed by atoms with E-state index < -0.39 is 47.3 Å². The summed E-state index contributed by atoms with van der Waals surface area (Å²) >= 11 is 0. The summed E-state index contributed by atoms with van der Waals surface area (Å²) < 4.78 is 27.6. The number of hydrogen-bond acceptors (Lipinski definition) is 8. The second-order valence-corrected chi connectivity index (χ2v) is 6.52.